The first-order chi connectivity index (χ1) is 11.6. The summed E-state index contributed by atoms with van der Waals surface area (Å²) in [4.78, 5) is 23.5. The van der Waals surface area contributed by atoms with Gasteiger partial charge < -0.3 is 0 Å². The van der Waals surface area contributed by atoms with Crippen molar-refractivity contribution in [2.45, 2.75) is 46.0 Å². The number of carbonyl (C=O) groups excluding carboxylic acids is 1. The Morgan fingerprint density at radius 1 is 1.21 bits per heavy atom. The Kier molecular flexibility index (Phi) is 3.80. The number of fused-ring (bicyclic) bond motifs is 1. The number of rotatable bonds is 4. The Morgan fingerprint density at radius 3 is 2.67 bits per heavy atom. The SMILES string of the molecule is CCc1nnc(NC(=O)c2sc3nc(C4CC4)nc(C)c3c2C)s1. The molecule has 0 saturated heterocycles. The second kappa shape index (κ2) is 5.86. The molecular weight excluding hydrogens is 342 g/mol. The number of nitrogens with one attached hydrogen (secondary N) is 1. The highest BCUT2D eigenvalue weighted by molar-refractivity contribution is 7.21. The predicted octanol–water partition coefficient (Wildman–Crippen LogP) is 3.85. The van der Waals surface area contributed by atoms with Gasteiger partial charge in [-0.3, -0.25) is 10.1 Å². The van der Waals surface area contributed by atoms with Gasteiger partial charge in [0, 0.05) is 11.3 Å². The van der Waals surface area contributed by atoms with Crippen LogP contribution in [0.2, 0.25) is 0 Å². The van der Waals surface area contributed by atoms with Gasteiger partial charge in [0.15, 0.2) is 0 Å². The molecule has 1 aliphatic carbocycles. The number of nitrogens with zero attached hydrogens (tertiary/aromatic N) is 4. The first kappa shape index (κ1) is 15.6. The molecule has 3 aromatic rings. The normalized spacial score (nSPS) is 14.3. The van der Waals surface area contributed by atoms with Gasteiger partial charge in [-0.15, -0.1) is 21.5 Å². The van der Waals surface area contributed by atoms with Crippen molar-refractivity contribution < 1.29 is 4.79 Å². The van der Waals surface area contributed by atoms with Gasteiger partial charge in [-0.25, -0.2) is 9.97 Å². The molecule has 0 spiro atoms. The Balaban J connectivity index is 1.69. The van der Waals surface area contributed by atoms with Gasteiger partial charge in [0.1, 0.15) is 15.7 Å². The van der Waals surface area contributed by atoms with Gasteiger partial charge in [-0.1, -0.05) is 18.3 Å². The van der Waals surface area contributed by atoms with Gasteiger partial charge in [0.2, 0.25) is 5.13 Å². The van der Waals surface area contributed by atoms with E-state index in [1.165, 1.54) is 35.5 Å². The zero-order chi connectivity index (χ0) is 16.8. The highest BCUT2D eigenvalue weighted by atomic mass is 32.1. The van der Waals surface area contributed by atoms with E-state index in [-0.39, 0.29) is 5.91 Å². The Labute approximate surface area is 147 Å². The lowest BCUT2D eigenvalue weighted by atomic mass is 10.1. The van der Waals surface area contributed by atoms with E-state index in [0.29, 0.717) is 15.9 Å². The van der Waals surface area contributed by atoms with Crippen molar-refractivity contribution in [3.63, 3.8) is 0 Å². The highest BCUT2D eigenvalue weighted by Crippen LogP contribution is 2.40. The van der Waals surface area contributed by atoms with Crippen molar-refractivity contribution in [2.75, 3.05) is 5.32 Å². The highest BCUT2D eigenvalue weighted by Gasteiger charge is 2.28. The lowest BCUT2D eigenvalue weighted by Crippen LogP contribution is -2.11. The van der Waals surface area contributed by atoms with Crippen molar-refractivity contribution >= 4 is 43.9 Å². The molecule has 4 rings (SSSR count). The molecule has 0 radical (unpaired) electrons. The van der Waals surface area contributed by atoms with Crippen LogP contribution in [0, 0.1) is 13.8 Å². The topological polar surface area (TPSA) is 80.7 Å². The first-order valence-electron chi connectivity index (χ1n) is 7.98. The van der Waals surface area contributed by atoms with Crippen LogP contribution >= 0.6 is 22.7 Å². The van der Waals surface area contributed by atoms with Crippen LogP contribution in [-0.2, 0) is 6.42 Å². The molecule has 1 fully saturated rings. The molecule has 0 unspecified atom stereocenters. The van der Waals surface area contributed by atoms with E-state index in [2.05, 4.69) is 25.5 Å². The molecule has 0 aromatic carbocycles. The molecule has 3 aromatic heterocycles. The predicted molar refractivity (Wildman–Crippen MR) is 96.1 cm³/mol. The average Bonchev–Trinajstić information content (AvgIpc) is 3.22. The summed E-state index contributed by atoms with van der Waals surface area (Å²) >= 11 is 2.84. The van der Waals surface area contributed by atoms with Crippen LogP contribution in [0.15, 0.2) is 0 Å². The third-order valence-electron chi connectivity index (χ3n) is 4.13. The van der Waals surface area contributed by atoms with Crippen LogP contribution in [-0.4, -0.2) is 26.1 Å². The fourth-order valence-electron chi connectivity index (χ4n) is 2.70. The third-order valence-corrected chi connectivity index (χ3v) is 6.29. The fraction of sp³-hybridized carbons (Fsp3) is 0.438. The molecule has 1 saturated carbocycles. The minimum Gasteiger partial charge on any atom is -0.296 e. The number of carbonyl (C=O) groups is 1. The van der Waals surface area contributed by atoms with Crippen LogP contribution in [0.4, 0.5) is 5.13 Å². The van der Waals surface area contributed by atoms with E-state index < -0.39 is 0 Å². The van der Waals surface area contributed by atoms with E-state index >= 15 is 0 Å². The van der Waals surface area contributed by atoms with Gasteiger partial charge in [-0.05, 0) is 38.7 Å². The van der Waals surface area contributed by atoms with Crippen LogP contribution in [0.5, 0.6) is 0 Å². The van der Waals surface area contributed by atoms with E-state index in [4.69, 9.17) is 0 Å². The number of amides is 1. The summed E-state index contributed by atoms with van der Waals surface area (Å²) in [5.74, 6) is 1.27. The summed E-state index contributed by atoms with van der Waals surface area (Å²) in [6, 6.07) is 0. The molecule has 1 N–H and O–H groups in total. The number of hydrogen-bond donors (Lipinski definition) is 1. The summed E-state index contributed by atoms with van der Waals surface area (Å²) in [6.07, 6.45) is 3.15. The van der Waals surface area contributed by atoms with Crippen LogP contribution < -0.4 is 5.32 Å². The van der Waals surface area contributed by atoms with Crippen molar-refractivity contribution in [3.05, 3.63) is 27.0 Å². The standard InChI is InChI=1S/C16H17N5OS2/c1-4-10-20-21-16(23-10)19-14(22)12-7(2)11-8(3)17-13(9-5-6-9)18-15(11)24-12/h9H,4-6H2,1-3H3,(H,19,21,22). The van der Waals surface area contributed by atoms with Crippen LogP contribution in [0.3, 0.4) is 0 Å². The molecule has 124 valence electrons. The van der Waals surface area contributed by atoms with Crippen LogP contribution in [0.1, 0.15) is 57.4 Å². The molecule has 1 aliphatic rings. The quantitative estimate of drug-likeness (QED) is 0.765. The third kappa shape index (κ3) is 2.69. The molecular formula is C16H17N5OS2. The molecule has 8 heteroatoms. The minimum atomic E-state index is -0.151. The lowest BCUT2D eigenvalue weighted by Gasteiger charge is -2.02. The molecule has 0 bridgehead atoms. The maximum absolute atomic E-state index is 12.6. The summed E-state index contributed by atoms with van der Waals surface area (Å²) in [5.41, 5.74) is 1.89. The summed E-state index contributed by atoms with van der Waals surface area (Å²) in [5, 5.41) is 13.3. The summed E-state index contributed by atoms with van der Waals surface area (Å²) < 4.78 is 0. The Bertz CT molecular complexity index is 941. The number of anilines is 1. The van der Waals surface area contributed by atoms with Gasteiger partial charge in [-0.2, -0.15) is 0 Å². The molecule has 3 heterocycles. The molecule has 0 aliphatic heterocycles. The number of aryl methyl sites for hydroxylation is 3. The zero-order valence-electron chi connectivity index (χ0n) is 13.7. The summed E-state index contributed by atoms with van der Waals surface area (Å²) in [7, 11) is 0. The van der Waals surface area contributed by atoms with Crippen LogP contribution in [0.25, 0.3) is 10.2 Å². The molecule has 1 amide bonds. The van der Waals surface area contributed by atoms with Crippen molar-refractivity contribution in [1.29, 1.82) is 0 Å². The second-order valence-electron chi connectivity index (χ2n) is 5.99. The van der Waals surface area contributed by atoms with E-state index in [0.717, 1.165) is 38.7 Å². The summed E-state index contributed by atoms with van der Waals surface area (Å²) in [6.45, 7) is 5.97. The van der Waals surface area contributed by atoms with E-state index in [1.54, 1.807) is 0 Å². The number of aromatic nitrogens is 4. The average molecular weight is 359 g/mol. The maximum Gasteiger partial charge on any atom is 0.267 e. The molecule has 0 atom stereocenters. The fourth-order valence-corrected chi connectivity index (χ4v) is 4.51. The van der Waals surface area contributed by atoms with Gasteiger partial charge in [0.25, 0.3) is 5.91 Å². The smallest absolute Gasteiger partial charge is 0.267 e. The first-order valence-corrected chi connectivity index (χ1v) is 9.61. The maximum atomic E-state index is 12.6. The Hall–Kier alpha value is -1.93. The van der Waals surface area contributed by atoms with E-state index in [1.807, 2.05) is 20.8 Å². The molecule has 24 heavy (non-hydrogen) atoms. The second-order valence-corrected chi connectivity index (χ2v) is 8.05. The van der Waals surface area contributed by atoms with E-state index in [9.17, 15) is 4.79 Å². The monoisotopic (exact) mass is 359 g/mol. The van der Waals surface area contributed by atoms with Gasteiger partial charge >= 0.3 is 0 Å². The lowest BCUT2D eigenvalue weighted by molar-refractivity contribution is 0.103. The largest absolute Gasteiger partial charge is 0.296 e. The van der Waals surface area contributed by atoms with Crippen molar-refractivity contribution in [3.8, 4) is 0 Å². The zero-order valence-corrected chi connectivity index (χ0v) is 15.3. The van der Waals surface area contributed by atoms with Crippen molar-refractivity contribution in [2.24, 2.45) is 0 Å². The minimum absolute atomic E-state index is 0.151. The van der Waals surface area contributed by atoms with Gasteiger partial charge in [0.05, 0.1) is 10.6 Å². The Morgan fingerprint density at radius 2 is 2.00 bits per heavy atom. The number of hydrogen-bond acceptors (Lipinski definition) is 7. The molecule has 6 nitrogen and oxygen atoms in total. The van der Waals surface area contributed by atoms with Crippen molar-refractivity contribution in [1.82, 2.24) is 20.2 Å². The number of thiophene rings is 1.